The van der Waals surface area contributed by atoms with E-state index >= 15 is 0 Å². The Morgan fingerprint density at radius 3 is 2.42 bits per heavy atom. The lowest BCUT2D eigenvalue weighted by molar-refractivity contribution is -0.145. The predicted octanol–water partition coefficient (Wildman–Crippen LogP) is 5.58. The molecule has 0 bridgehead atoms. The summed E-state index contributed by atoms with van der Waals surface area (Å²) in [6, 6.07) is 14.3. The Bertz CT molecular complexity index is 665. The minimum absolute atomic E-state index is 0.300. The molecule has 0 saturated heterocycles. The van der Waals surface area contributed by atoms with Gasteiger partial charge in [0.05, 0.1) is 12.5 Å². The van der Waals surface area contributed by atoms with Gasteiger partial charge in [-0.2, -0.15) is 0 Å². The Morgan fingerprint density at radius 1 is 1.08 bits per heavy atom. The second-order valence-electron chi connectivity index (χ2n) is 6.53. The van der Waals surface area contributed by atoms with Crippen LogP contribution in [0.15, 0.2) is 48.5 Å². The van der Waals surface area contributed by atoms with Crippen molar-refractivity contribution in [2.75, 3.05) is 6.61 Å². The van der Waals surface area contributed by atoms with Gasteiger partial charge < -0.3 is 4.74 Å². The fraction of sp³-hybridized carbons (Fsp3) is 0.381. The van der Waals surface area contributed by atoms with Gasteiger partial charge in [0.2, 0.25) is 0 Å². The van der Waals surface area contributed by atoms with Gasteiger partial charge in [0.25, 0.3) is 0 Å². The van der Waals surface area contributed by atoms with Crippen molar-refractivity contribution in [2.45, 2.75) is 39.5 Å². The molecular weight excluding hydrogens is 303 g/mol. The van der Waals surface area contributed by atoms with Crippen molar-refractivity contribution in [3.05, 3.63) is 59.9 Å². The van der Waals surface area contributed by atoms with Gasteiger partial charge in [-0.3, -0.25) is 4.79 Å². The van der Waals surface area contributed by atoms with Crippen LogP contribution in [0.5, 0.6) is 0 Å². The number of esters is 1. The normalized spacial score (nSPS) is 12.2. The summed E-state index contributed by atoms with van der Waals surface area (Å²) in [6.07, 6.45) is 1.89. The summed E-state index contributed by atoms with van der Waals surface area (Å²) in [5.74, 6) is -0.493. The third-order valence-corrected chi connectivity index (χ3v) is 4.10. The van der Waals surface area contributed by atoms with Crippen molar-refractivity contribution in [2.24, 2.45) is 5.92 Å². The summed E-state index contributed by atoms with van der Waals surface area (Å²) in [4.78, 5) is 12.1. The molecule has 0 spiro atoms. The van der Waals surface area contributed by atoms with Crippen LogP contribution in [0.4, 0.5) is 4.39 Å². The topological polar surface area (TPSA) is 26.3 Å². The lowest BCUT2D eigenvalue weighted by Gasteiger charge is -2.13. The molecule has 0 aromatic heterocycles. The maximum atomic E-state index is 14.4. The molecule has 0 N–H and O–H groups in total. The number of carbonyl (C=O) groups is 1. The van der Waals surface area contributed by atoms with Gasteiger partial charge in [0.1, 0.15) is 5.82 Å². The third kappa shape index (κ3) is 4.92. The van der Waals surface area contributed by atoms with Crippen LogP contribution in [0.3, 0.4) is 0 Å². The van der Waals surface area contributed by atoms with Crippen molar-refractivity contribution < 1.29 is 13.9 Å². The van der Waals surface area contributed by atoms with Crippen molar-refractivity contribution in [3.8, 4) is 11.1 Å². The van der Waals surface area contributed by atoms with Gasteiger partial charge in [-0.05, 0) is 42.9 Å². The Balaban J connectivity index is 2.01. The summed E-state index contributed by atoms with van der Waals surface area (Å²) >= 11 is 0. The summed E-state index contributed by atoms with van der Waals surface area (Å²) in [7, 11) is 0. The molecule has 1 atom stereocenters. The minimum Gasteiger partial charge on any atom is -0.465 e. The molecule has 0 heterocycles. The molecular formula is C21H25FO2. The predicted molar refractivity (Wildman–Crippen MR) is 95.3 cm³/mol. The van der Waals surface area contributed by atoms with Gasteiger partial charge in [-0.25, -0.2) is 4.39 Å². The molecule has 1 unspecified atom stereocenters. The highest BCUT2D eigenvalue weighted by molar-refractivity contribution is 5.78. The molecule has 0 aliphatic rings. The van der Waals surface area contributed by atoms with Crippen LogP contribution in [0.2, 0.25) is 0 Å². The van der Waals surface area contributed by atoms with E-state index in [2.05, 4.69) is 13.8 Å². The highest BCUT2D eigenvalue weighted by atomic mass is 19.1. The van der Waals surface area contributed by atoms with Crippen LogP contribution in [0, 0.1) is 11.7 Å². The van der Waals surface area contributed by atoms with E-state index in [4.69, 9.17) is 4.74 Å². The minimum atomic E-state index is -0.469. The van der Waals surface area contributed by atoms with Crippen LogP contribution in [-0.2, 0) is 9.53 Å². The molecule has 0 radical (unpaired) electrons. The average Bonchev–Trinajstić information content (AvgIpc) is 2.58. The lowest BCUT2D eigenvalue weighted by Crippen LogP contribution is -2.14. The maximum Gasteiger partial charge on any atom is 0.313 e. The zero-order chi connectivity index (χ0) is 17.5. The van der Waals surface area contributed by atoms with E-state index in [-0.39, 0.29) is 11.8 Å². The summed E-state index contributed by atoms with van der Waals surface area (Å²) in [6.45, 7) is 6.46. The molecule has 0 saturated carbocycles. The molecule has 2 nitrogen and oxygen atoms in total. The number of hydrogen-bond acceptors (Lipinski definition) is 2. The first-order valence-electron chi connectivity index (χ1n) is 8.50. The number of carbonyl (C=O) groups excluding carboxylic acids is 1. The lowest BCUT2D eigenvalue weighted by atomic mass is 9.97. The van der Waals surface area contributed by atoms with Crippen LogP contribution < -0.4 is 0 Å². The SMILES string of the molecule is CC(C)CCCOC(=O)C(C)c1ccc(-c2ccccc2)c(F)c1. The van der Waals surface area contributed by atoms with Crippen molar-refractivity contribution in [1.29, 1.82) is 0 Å². The van der Waals surface area contributed by atoms with E-state index in [1.807, 2.05) is 30.3 Å². The molecule has 2 rings (SSSR count). The van der Waals surface area contributed by atoms with E-state index in [0.717, 1.165) is 18.4 Å². The molecule has 2 aromatic rings. The standard InChI is InChI=1S/C21H25FO2/c1-15(2)8-7-13-24-21(23)16(3)18-11-12-19(20(22)14-18)17-9-5-4-6-10-17/h4-6,9-12,14-16H,7-8,13H2,1-3H3. The number of benzene rings is 2. The molecule has 0 amide bonds. The number of ether oxygens (including phenoxy) is 1. The highest BCUT2D eigenvalue weighted by Crippen LogP contribution is 2.26. The Labute approximate surface area is 143 Å². The van der Waals surface area contributed by atoms with Crippen LogP contribution in [0.25, 0.3) is 11.1 Å². The van der Waals surface area contributed by atoms with Crippen molar-refractivity contribution in [3.63, 3.8) is 0 Å². The molecule has 0 aliphatic carbocycles. The van der Waals surface area contributed by atoms with E-state index in [1.54, 1.807) is 19.1 Å². The highest BCUT2D eigenvalue weighted by Gasteiger charge is 2.18. The summed E-state index contributed by atoms with van der Waals surface area (Å²) in [5.41, 5.74) is 2.00. The third-order valence-electron chi connectivity index (χ3n) is 4.10. The number of rotatable bonds is 7. The maximum absolute atomic E-state index is 14.4. The van der Waals surface area contributed by atoms with Gasteiger partial charge in [-0.1, -0.05) is 56.3 Å². The largest absolute Gasteiger partial charge is 0.465 e. The van der Waals surface area contributed by atoms with Gasteiger partial charge in [0.15, 0.2) is 0 Å². The zero-order valence-electron chi connectivity index (χ0n) is 14.6. The first-order chi connectivity index (χ1) is 11.5. The molecule has 24 heavy (non-hydrogen) atoms. The molecule has 0 fully saturated rings. The first-order valence-corrected chi connectivity index (χ1v) is 8.50. The Hall–Kier alpha value is -2.16. The van der Waals surface area contributed by atoms with Gasteiger partial charge in [-0.15, -0.1) is 0 Å². The second kappa shape index (κ2) is 8.62. The number of hydrogen-bond donors (Lipinski definition) is 0. The molecule has 3 heteroatoms. The van der Waals surface area contributed by atoms with E-state index in [0.29, 0.717) is 23.7 Å². The van der Waals surface area contributed by atoms with Crippen LogP contribution in [-0.4, -0.2) is 12.6 Å². The molecule has 0 aliphatic heterocycles. The first kappa shape index (κ1) is 18.2. The second-order valence-corrected chi connectivity index (χ2v) is 6.53. The summed E-state index contributed by atoms with van der Waals surface area (Å²) in [5, 5.41) is 0. The Kier molecular flexibility index (Phi) is 6.53. The van der Waals surface area contributed by atoms with E-state index < -0.39 is 5.92 Å². The molecule has 128 valence electrons. The monoisotopic (exact) mass is 328 g/mol. The van der Waals surface area contributed by atoms with Crippen molar-refractivity contribution in [1.82, 2.24) is 0 Å². The quantitative estimate of drug-likeness (QED) is 0.490. The van der Waals surface area contributed by atoms with Crippen LogP contribution in [0.1, 0.15) is 45.1 Å². The van der Waals surface area contributed by atoms with Crippen LogP contribution >= 0.6 is 0 Å². The zero-order valence-corrected chi connectivity index (χ0v) is 14.6. The van der Waals surface area contributed by atoms with E-state index in [9.17, 15) is 9.18 Å². The Morgan fingerprint density at radius 2 is 1.79 bits per heavy atom. The average molecular weight is 328 g/mol. The van der Waals surface area contributed by atoms with E-state index in [1.165, 1.54) is 6.07 Å². The number of halogens is 1. The summed E-state index contributed by atoms with van der Waals surface area (Å²) < 4.78 is 19.7. The van der Waals surface area contributed by atoms with Gasteiger partial charge in [0, 0.05) is 5.56 Å². The van der Waals surface area contributed by atoms with Crippen molar-refractivity contribution >= 4 is 5.97 Å². The fourth-order valence-electron chi connectivity index (χ4n) is 2.58. The van der Waals surface area contributed by atoms with Gasteiger partial charge >= 0.3 is 5.97 Å². The fourth-order valence-corrected chi connectivity index (χ4v) is 2.58. The molecule has 2 aromatic carbocycles. The smallest absolute Gasteiger partial charge is 0.313 e.